The van der Waals surface area contributed by atoms with Gasteiger partial charge in [0.15, 0.2) is 5.76 Å². The first-order valence-electron chi connectivity index (χ1n) is 9.11. The van der Waals surface area contributed by atoms with E-state index in [1.807, 2.05) is 30.3 Å². The molecule has 1 heterocycles. The average Bonchev–Trinajstić information content (AvgIpc) is 3.20. The van der Waals surface area contributed by atoms with Crippen LogP contribution in [0.5, 0.6) is 5.75 Å². The molecule has 3 aromatic carbocycles. The van der Waals surface area contributed by atoms with Crippen molar-refractivity contribution in [1.82, 2.24) is 4.98 Å². The number of hydrogen-bond donors (Lipinski definition) is 3. The second-order valence-electron chi connectivity index (χ2n) is 6.61. The molecule has 5 nitrogen and oxygen atoms in total. The van der Waals surface area contributed by atoms with E-state index in [1.54, 1.807) is 30.5 Å². The van der Waals surface area contributed by atoms with Gasteiger partial charge in [-0.3, -0.25) is 0 Å². The van der Waals surface area contributed by atoms with Crippen molar-refractivity contribution in [3.05, 3.63) is 78.7 Å². The molecule has 146 valence electrons. The first-order valence-corrected chi connectivity index (χ1v) is 9.11. The maximum Gasteiger partial charge on any atom is 0.226 e. The minimum Gasteiger partial charge on any atom is -0.507 e. The second kappa shape index (κ2) is 7.77. The molecule has 4 rings (SSSR count). The minimum atomic E-state index is -0.877. The number of para-hydroxylation sites is 1. The Hall–Kier alpha value is -3.64. The molecule has 1 atom stereocenters. The van der Waals surface area contributed by atoms with Gasteiger partial charge in [-0.25, -0.2) is 9.37 Å². The predicted molar refractivity (Wildman–Crippen MR) is 110 cm³/mol. The lowest BCUT2D eigenvalue weighted by atomic mass is 10.00. The van der Waals surface area contributed by atoms with Crippen LogP contribution in [0.3, 0.4) is 0 Å². The predicted octanol–water partition coefficient (Wildman–Crippen LogP) is 5.27. The number of nitrogens with one attached hydrogen (secondary N) is 1. The van der Waals surface area contributed by atoms with Gasteiger partial charge < -0.3 is 19.9 Å². The molecule has 0 spiro atoms. The molecule has 1 unspecified atom stereocenters. The summed E-state index contributed by atoms with van der Waals surface area (Å²) < 4.78 is 20.2. The minimum absolute atomic E-state index is 0.0288. The lowest BCUT2D eigenvalue weighted by molar-refractivity contribution is 0.224. The van der Waals surface area contributed by atoms with Gasteiger partial charge in [0.1, 0.15) is 17.8 Å². The van der Waals surface area contributed by atoms with E-state index in [2.05, 4.69) is 10.3 Å². The van der Waals surface area contributed by atoms with Gasteiger partial charge in [-0.15, -0.1) is 0 Å². The van der Waals surface area contributed by atoms with Crippen molar-refractivity contribution in [3.8, 4) is 39.7 Å². The third kappa shape index (κ3) is 3.83. The fourth-order valence-electron chi connectivity index (χ4n) is 3.11. The number of aliphatic hydroxyl groups is 1. The van der Waals surface area contributed by atoms with E-state index in [1.165, 1.54) is 19.1 Å². The Bertz CT molecular complexity index is 1140. The number of hydrogen-bond acceptors (Lipinski definition) is 5. The van der Waals surface area contributed by atoms with Crippen LogP contribution in [0.1, 0.15) is 6.92 Å². The van der Waals surface area contributed by atoms with Gasteiger partial charge in [-0.1, -0.05) is 36.4 Å². The largest absolute Gasteiger partial charge is 0.507 e. The highest BCUT2D eigenvalue weighted by Crippen LogP contribution is 2.39. The quantitative estimate of drug-likeness (QED) is 0.405. The van der Waals surface area contributed by atoms with Crippen molar-refractivity contribution in [3.63, 3.8) is 0 Å². The molecule has 0 aliphatic heterocycles. The molecule has 0 amide bonds. The number of aromatic nitrogens is 1. The van der Waals surface area contributed by atoms with Crippen molar-refractivity contribution >= 4 is 5.69 Å². The highest BCUT2D eigenvalue weighted by molar-refractivity contribution is 5.81. The summed E-state index contributed by atoms with van der Waals surface area (Å²) in [6.07, 6.45) is 0.676. The molecule has 0 fully saturated rings. The van der Waals surface area contributed by atoms with Crippen molar-refractivity contribution in [1.29, 1.82) is 0 Å². The molecule has 0 bridgehead atoms. The highest BCUT2D eigenvalue weighted by atomic mass is 19.1. The van der Waals surface area contributed by atoms with Gasteiger partial charge in [0.2, 0.25) is 5.89 Å². The van der Waals surface area contributed by atoms with E-state index >= 15 is 0 Å². The molecular formula is C23H19FN2O3. The normalized spacial score (nSPS) is 12.0. The van der Waals surface area contributed by atoms with E-state index < -0.39 is 12.0 Å². The van der Waals surface area contributed by atoms with Crippen LogP contribution in [-0.2, 0) is 0 Å². The van der Waals surface area contributed by atoms with Crippen LogP contribution in [0.4, 0.5) is 10.1 Å². The monoisotopic (exact) mass is 390 g/mol. The third-order valence-electron chi connectivity index (χ3n) is 4.47. The number of benzene rings is 3. The van der Waals surface area contributed by atoms with Gasteiger partial charge in [-0.05, 0) is 42.8 Å². The number of phenolic OH excluding ortho intramolecular Hbond substituents is 1. The van der Waals surface area contributed by atoms with Crippen LogP contribution in [0, 0.1) is 5.82 Å². The molecule has 0 aliphatic rings. The van der Waals surface area contributed by atoms with Gasteiger partial charge in [-0.2, -0.15) is 0 Å². The Labute approximate surface area is 167 Å². The molecule has 0 saturated heterocycles. The highest BCUT2D eigenvalue weighted by Gasteiger charge is 2.16. The van der Waals surface area contributed by atoms with Crippen LogP contribution in [0.15, 0.2) is 77.3 Å². The number of aliphatic hydroxyl groups excluding tert-OH is 1. The molecule has 3 N–H and O–H groups in total. The molecule has 0 radical (unpaired) electrons. The summed E-state index contributed by atoms with van der Waals surface area (Å²) in [5.41, 5.74) is 2.44. The summed E-state index contributed by atoms with van der Waals surface area (Å²) >= 11 is 0. The smallest absolute Gasteiger partial charge is 0.226 e. The molecule has 0 saturated carbocycles. The number of nitrogens with zero attached hydrogens (tertiary/aromatic N) is 1. The SMILES string of the molecule is CC(O)Nc1ccc(-c2cccc(-c3cnc(-c4ccccc4)o3)c2O)cc1F. The van der Waals surface area contributed by atoms with E-state index in [4.69, 9.17) is 4.42 Å². The first-order chi connectivity index (χ1) is 14.0. The molecule has 0 aliphatic carbocycles. The summed E-state index contributed by atoms with van der Waals surface area (Å²) in [6.45, 7) is 1.50. The summed E-state index contributed by atoms with van der Waals surface area (Å²) in [4.78, 5) is 4.29. The maximum atomic E-state index is 14.4. The molecule has 4 aromatic rings. The number of anilines is 1. The Morgan fingerprint density at radius 1 is 0.966 bits per heavy atom. The van der Waals surface area contributed by atoms with Crippen molar-refractivity contribution in [2.24, 2.45) is 0 Å². The van der Waals surface area contributed by atoms with Crippen LogP contribution < -0.4 is 5.32 Å². The lowest BCUT2D eigenvalue weighted by Crippen LogP contribution is -2.14. The number of halogens is 1. The Balaban J connectivity index is 1.70. The van der Waals surface area contributed by atoms with Crippen molar-refractivity contribution in [2.75, 3.05) is 5.32 Å². The standard InChI is InChI=1S/C23H19FN2O3/c1-14(27)26-20-11-10-16(12-19(20)24)17-8-5-9-18(22(17)28)21-13-25-23(29-21)15-6-3-2-4-7-15/h2-14,26-28H,1H3. The van der Waals surface area contributed by atoms with Gasteiger partial charge in [0.05, 0.1) is 17.4 Å². The van der Waals surface area contributed by atoms with Gasteiger partial charge >= 0.3 is 0 Å². The van der Waals surface area contributed by atoms with E-state index in [0.717, 1.165) is 5.56 Å². The third-order valence-corrected chi connectivity index (χ3v) is 4.47. The molecular weight excluding hydrogens is 371 g/mol. The topological polar surface area (TPSA) is 78.5 Å². The van der Waals surface area contributed by atoms with E-state index in [9.17, 15) is 14.6 Å². The fraction of sp³-hybridized carbons (Fsp3) is 0.0870. The number of oxazole rings is 1. The van der Waals surface area contributed by atoms with Gasteiger partial charge in [0.25, 0.3) is 0 Å². The molecule has 6 heteroatoms. The second-order valence-corrected chi connectivity index (χ2v) is 6.61. The Morgan fingerprint density at radius 2 is 1.72 bits per heavy atom. The summed E-state index contributed by atoms with van der Waals surface area (Å²) in [5.74, 6) is 0.305. The van der Waals surface area contributed by atoms with Crippen LogP contribution in [-0.4, -0.2) is 21.4 Å². The number of rotatable bonds is 5. The first kappa shape index (κ1) is 18.7. The lowest BCUT2D eigenvalue weighted by Gasteiger charge is -2.12. The number of phenols is 1. The summed E-state index contributed by atoms with van der Waals surface area (Å²) in [5, 5.41) is 22.8. The summed E-state index contributed by atoms with van der Waals surface area (Å²) in [7, 11) is 0. The summed E-state index contributed by atoms with van der Waals surface area (Å²) in [6, 6.07) is 19.1. The van der Waals surface area contributed by atoms with Crippen molar-refractivity contribution < 1.29 is 19.0 Å². The van der Waals surface area contributed by atoms with E-state index in [-0.39, 0.29) is 11.4 Å². The molecule has 29 heavy (non-hydrogen) atoms. The zero-order valence-corrected chi connectivity index (χ0v) is 15.6. The zero-order valence-electron chi connectivity index (χ0n) is 15.6. The maximum absolute atomic E-state index is 14.4. The van der Waals surface area contributed by atoms with Crippen LogP contribution in [0.2, 0.25) is 0 Å². The fourth-order valence-corrected chi connectivity index (χ4v) is 3.11. The van der Waals surface area contributed by atoms with E-state index in [0.29, 0.717) is 28.3 Å². The average molecular weight is 390 g/mol. The zero-order chi connectivity index (χ0) is 20.4. The van der Waals surface area contributed by atoms with Crippen molar-refractivity contribution in [2.45, 2.75) is 13.2 Å². The van der Waals surface area contributed by atoms with Gasteiger partial charge in [0, 0.05) is 11.1 Å². The Morgan fingerprint density at radius 3 is 2.45 bits per heavy atom. The Kier molecular flexibility index (Phi) is 5.01. The van der Waals surface area contributed by atoms with Crippen LogP contribution in [0.25, 0.3) is 33.9 Å². The number of aromatic hydroxyl groups is 1. The van der Waals surface area contributed by atoms with Crippen LogP contribution >= 0.6 is 0 Å². The molecule has 1 aromatic heterocycles.